The van der Waals surface area contributed by atoms with Gasteiger partial charge < -0.3 is 0 Å². The van der Waals surface area contributed by atoms with E-state index in [4.69, 9.17) is 0 Å². The first kappa shape index (κ1) is 11.3. The summed E-state index contributed by atoms with van der Waals surface area (Å²) in [5.41, 5.74) is 1.08. The Morgan fingerprint density at radius 2 is 2.21 bits per heavy atom. The minimum absolute atomic E-state index is 1.08. The summed E-state index contributed by atoms with van der Waals surface area (Å²) in [5, 5.41) is 0. The fraction of sp³-hybridized carbons (Fsp3) is 0.167. The number of hydrogen-bond donors (Lipinski definition) is 0. The molecule has 0 spiro atoms. The monoisotopic (exact) mass is 222 g/mol. The van der Waals surface area contributed by atoms with E-state index in [1.54, 1.807) is 23.1 Å². The molecule has 0 unspecified atom stereocenters. The molecule has 0 aliphatic carbocycles. The topological polar surface area (TPSA) is 0 Å². The maximum absolute atomic E-state index is 4.02. The quantitative estimate of drug-likeness (QED) is 0.529. The van der Waals surface area contributed by atoms with E-state index in [-0.39, 0.29) is 0 Å². The Hall–Kier alpha value is -0.730. The zero-order chi connectivity index (χ0) is 10.4. The van der Waals surface area contributed by atoms with Gasteiger partial charge >= 0.3 is 0 Å². The maximum Gasteiger partial charge on any atom is 0.0602 e. The largest absolute Gasteiger partial charge is 0.129 e. The van der Waals surface area contributed by atoms with Crippen molar-refractivity contribution in [2.45, 2.75) is 11.1 Å². The van der Waals surface area contributed by atoms with Crippen LogP contribution in [0.4, 0.5) is 0 Å². The third-order valence-electron chi connectivity index (χ3n) is 1.70. The van der Waals surface area contributed by atoms with E-state index >= 15 is 0 Å². The van der Waals surface area contributed by atoms with Gasteiger partial charge in [-0.3, -0.25) is 0 Å². The predicted octanol–water partition coefficient (Wildman–Crippen LogP) is 4.62. The van der Waals surface area contributed by atoms with Gasteiger partial charge in [0, 0.05) is 4.88 Å². The molecule has 0 atom stereocenters. The van der Waals surface area contributed by atoms with Crippen LogP contribution in [0, 0.1) is 0 Å². The number of hydrogen-bond acceptors (Lipinski definition) is 2. The Morgan fingerprint density at radius 1 is 1.43 bits per heavy atom. The average molecular weight is 222 g/mol. The molecular weight excluding hydrogens is 208 g/mol. The molecule has 2 heteroatoms. The maximum atomic E-state index is 4.02. The second-order valence-corrected chi connectivity index (χ2v) is 4.92. The Kier molecular flexibility index (Phi) is 4.77. The van der Waals surface area contributed by atoms with Gasteiger partial charge in [-0.2, -0.15) is 0 Å². The lowest BCUT2D eigenvalue weighted by molar-refractivity contribution is 1.72. The Labute approximate surface area is 94.0 Å². The molecule has 0 fully saturated rings. The number of allylic oxidation sites excluding steroid dienone is 5. The van der Waals surface area contributed by atoms with Crippen molar-refractivity contribution in [3.8, 4) is 0 Å². The van der Waals surface area contributed by atoms with E-state index in [1.807, 2.05) is 31.2 Å². The third-order valence-corrected chi connectivity index (χ3v) is 3.94. The molecular formula is C12H14S2. The summed E-state index contributed by atoms with van der Waals surface area (Å²) in [6.07, 6.45) is 10.2. The van der Waals surface area contributed by atoms with Crippen molar-refractivity contribution >= 4 is 28.7 Å². The van der Waals surface area contributed by atoms with E-state index in [1.165, 1.54) is 9.09 Å². The summed E-state index contributed by atoms with van der Waals surface area (Å²) in [4.78, 5) is 1.25. The molecule has 0 nitrogen and oxygen atoms in total. The van der Waals surface area contributed by atoms with Gasteiger partial charge in [0.15, 0.2) is 0 Å². The van der Waals surface area contributed by atoms with Crippen LogP contribution in [-0.2, 0) is 0 Å². The first-order valence-corrected chi connectivity index (χ1v) is 6.44. The van der Waals surface area contributed by atoms with Crippen LogP contribution < -0.4 is 0 Å². The van der Waals surface area contributed by atoms with Gasteiger partial charge in [0.1, 0.15) is 0 Å². The second kappa shape index (κ2) is 5.89. The average Bonchev–Trinajstić information content (AvgIpc) is 2.66. The highest BCUT2D eigenvalue weighted by Crippen LogP contribution is 2.29. The van der Waals surface area contributed by atoms with E-state index in [2.05, 4.69) is 25.0 Å². The number of rotatable bonds is 4. The smallest absolute Gasteiger partial charge is 0.0602 e. The van der Waals surface area contributed by atoms with Crippen molar-refractivity contribution in [3.63, 3.8) is 0 Å². The van der Waals surface area contributed by atoms with Crippen LogP contribution in [0.15, 0.2) is 47.2 Å². The van der Waals surface area contributed by atoms with Gasteiger partial charge in [-0.05, 0) is 30.9 Å². The first-order valence-electron chi connectivity index (χ1n) is 4.40. The summed E-state index contributed by atoms with van der Waals surface area (Å²) < 4.78 is 1.33. The van der Waals surface area contributed by atoms with Gasteiger partial charge in [-0.15, -0.1) is 23.1 Å². The number of thiophene rings is 1. The summed E-state index contributed by atoms with van der Waals surface area (Å²) in [6.45, 7) is 6.03. The summed E-state index contributed by atoms with van der Waals surface area (Å²) >= 11 is 3.56. The van der Waals surface area contributed by atoms with E-state index in [0.29, 0.717) is 0 Å². The van der Waals surface area contributed by atoms with Crippen LogP contribution in [0.25, 0.3) is 5.57 Å². The molecule has 1 aromatic heterocycles. The van der Waals surface area contributed by atoms with Gasteiger partial charge in [0.25, 0.3) is 0 Å². The molecule has 1 heterocycles. The van der Waals surface area contributed by atoms with E-state index in [0.717, 1.165) is 5.57 Å². The molecule has 0 aliphatic rings. The molecule has 0 radical (unpaired) electrons. The normalized spacial score (nSPS) is 11.6. The third kappa shape index (κ3) is 3.20. The van der Waals surface area contributed by atoms with Crippen LogP contribution in [0.2, 0.25) is 0 Å². The SMILES string of the molecule is C=C(/C=C\C=C/C)c1ccc(SC)s1. The highest BCUT2D eigenvalue weighted by molar-refractivity contribution is 8.00. The lowest BCUT2D eigenvalue weighted by Crippen LogP contribution is -1.68. The van der Waals surface area contributed by atoms with Crippen molar-refractivity contribution < 1.29 is 0 Å². The van der Waals surface area contributed by atoms with Gasteiger partial charge in [-0.25, -0.2) is 0 Å². The Morgan fingerprint density at radius 3 is 2.79 bits per heavy atom. The fourth-order valence-corrected chi connectivity index (χ4v) is 2.46. The summed E-state index contributed by atoms with van der Waals surface area (Å²) in [7, 11) is 0. The lowest BCUT2D eigenvalue weighted by Gasteiger charge is -1.92. The van der Waals surface area contributed by atoms with Crippen LogP contribution in [0.1, 0.15) is 11.8 Å². The highest BCUT2D eigenvalue weighted by atomic mass is 32.2. The van der Waals surface area contributed by atoms with Crippen molar-refractivity contribution in [2.75, 3.05) is 6.26 Å². The zero-order valence-electron chi connectivity index (χ0n) is 8.49. The second-order valence-electron chi connectivity index (χ2n) is 2.73. The molecule has 1 rings (SSSR count). The van der Waals surface area contributed by atoms with Crippen LogP contribution in [0.5, 0.6) is 0 Å². The standard InChI is InChI=1S/C12H14S2/c1-4-5-6-7-10(2)11-8-9-12(13-3)14-11/h4-9H,2H2,1,3H3/b5-4-,7-6-. The van der Waals surface area contributed by atoms with E-state index < -0.39 is 0 Å². The zero-order valence-corrected chi connectivity index (χ0v) is 10.1. The molecule has 14 heavy (non-hydrogen) atoms. The van der Waals surface area contributed by atoms with Gasteiger partial charge in [-0.1, -0.05) is 30.9 Å². The van der Waals surface area contributed by atoms with Crippen LogP contribution in [0.3, 0.4) is 0 Å². The minimum Gasteiger partial charge on any atom is -0.129 e. The Bertz CT molecular complexity index is 356. The highest BCUT2D eigenvalue weighted by Gasteiger charge is 1.99. The van der Waals surface area contributed by atoms with E-state index in [9.17, 15) is 0 Å². The minimum atomic E-state index is 1.08. The molecule has 0 aliphatic heterocycles. The van der Waals surface area contributed by atoms with Gasteiger partial charge in [0.05, 0.1) is 4.21 Å². The van der Waals surface area contributed by atoms with Crippen molar-refractivity contribution in [1.29, 1.82) is 0 Å². The molecule has 1 aromatic rings. The summed E-state index contributed by atoms with van der Waals surface area (Å²) in [6, 6.07) is 4.26. The van der Waals surface area contributed by atoms with Crippen LogP contribution in [-0.4, -0.2) is 6.26 Å². The number of thioether (sulfide) groups is 1. The lowest BCUT2D eigenvalue weighted by atomic mass is 10.2. The molecule has 0 saturated carbocycles. The molecule has 0 saturated heterocycles. The molecule has 0 amide bonds. The molecule has 0 aromatic carbocycles. The molecule has 0 bridgehead atoms. The van der Waals surface area contributed by atoms with Crippen molar-refractivity contribution in [1.82, 2.24) is 0 Å². The van der Waals surface area contributed by atoms with Crippen LogP contribution >= 0.6 is 23.1 Å². The summed E-state index contributed by atoms with van der Waals surface area (Å²) in [5.74, 6) is 0. The molecule has 0 N–H and O–H groups in total. The van der Waals surface area contributed by atoms with Gasteiger partial charge in [0.2, 0.25) is 0 Å². The Balaban J connectivity index is 2.69. The van der Waals surface area contributed by atoms with Crippen molar-refractivity contribution in [3.05, 3.63) is 47.9 Å². The van der Waals surface area contributed by atoms with Crippen molar-refractivity contribution in [2.24, 2.45) is 0 Å². The molecule has 74 valence electrons. The first-order chi connectivity index (χ1) is 6.77. The fourth-order valence-electron chi connectivity index (χ4n) is 0.967. The predicted molar refractivity (Wildman–Crippen MR) is 69.1 cm³/mol.